The molecule has 8 heteroatoms. The van der Waals surface area contributed by atoms with Crippen molar-refractivity contribution in [3.8, 4) is 5.75 Å². The molecule has 29 heavy (non-hydrogen) atoms. The van der Waals surface area contributed by atoms with E-state index in [2.05, 4.69) is 10.6 Å². The summed E-state index contributed by atoms with van der Waals surface area (Å²) in [7, 11) is 3.18. The maximum absolute atomic E-state index is 12.8. The van der Waals surface area contributed by atoms with E-state index in [0.29, 0.717) is 56.8 Å². The predicted octanol–water partition coefficient (Wildman–Crippen LogP) is 1.20. The molecular weight excluding hydrogens is 374 g/mol. The molecule has 0 saturated carbocycles. The van der Waals surface area contributed by atoms with E-state index in [-0.39, 0.29) is 23.6 Å². The number of piperidine rings is 1. The van der Waals surface area contributed by atoms with E-state index in [4.69, 9.17) is 9.47 Å². The smallest absolute Gasteiger partial charge is 0.251 e. The van der Waals surface area contributed by atoms with Crippen molar-refractivity contribution < 1.29 is 23.9 Å². The summed E-state index contributed by atoms with van der Waals surface area (Å²) >= 11 is 0. The molecule has 1 atom stereocenters. The zero-order chi connectivity index (χ0) is 21.2. The Morgan fingerprint density at radius 2 is 1.79 bits per heavy atom. The fraction of sp³-hybridized carbons (Fsp3) is 0.571. The van der Waals surface area contributed by atoms with Gasteiger partial charge >= 0.3 is 0 Å². The van der Waals surface area contributed by atoms with Crippen LogP contribution >= 0.6 is 0 Å². The molecule has 1 aromatic carbocycles. The SMILES string of the molecule is COCCCNC(=O)[C@@H](NC(=O)c1ccc(OC)cc1)C1CCN(C(C)=O)CC1. The van der Waals surface area contributed by atoms with Crippen molar-refractivity contribution in [2.24, 2.45) is 5.92 Å². The maximum atomic E-state index is 12.8. The minimum atomic E-state index is -0.652. The lowest BCUT2D eigenvalue weighted by Gasteiger charge is -2.35. The highest BCUT2D eigenvalue weighted by Gasteiger charge is 2.33. The minimum absolute atomic E-state index is 0.0322. The van der Waals surface area contributed by atoms with Gasteiger partial charge in [-0.15, -0.1) is 0 Å². The molecule has 1 fully saturated rings. The molecule has 2 N–H and O–H groups in total. The Labute approximate surface area is 171 Å². The standard InChI is InChI=1S/C21H31N3O5/c1-15(25)24-12-9-16(10-13-24)19(21(27)22-11-4-14-28-2)23-20(26)17-5-7-18(29-3)8-6-17/h5-8,16,19H,4,9-14H2,1-3H3,(H,22,27)(H,23,26)/t19-/m0/s1. The Bertz CT molecular complexity index is 684. The highest BCUT2D eigenvalue weighted by molar-refractivity contribution is 5.97. The first-order valence-electron chi connectivity index (χ1n) is 9.93. The van der Waals surface area contributed by atoms with E-state index in [0.717, 1.165) is 0 Å². The maximum Gasteiger partial charge on any atom is 0.251 e. The molecule has 0 aliphatic carbocycles. The molecule has 0 radical (unpaired) electrons. The fourth-order valence-electron chi connectivity index (χ4n) is 3.45. The van der Waals surface area contributed by atoms with Crippen LogP contribution in [-0.4, -0.2) is 69.1 Å². The van der Waals surface area contributed by atoms with Crippen molar-refractivity contribution in [3.05, 3.63) is 29.8 Å². The number of nitrogens with zero attached hydrogens (tertiary/aromatic N) is 1. The Balaban J connectivity index is 2.05. The summed E-state index contributed by atoms with van der Waals surface area (Å²) in [6.07, 6.45) is 2.03. The predicted molar refractivity (Wildman–Crippen MR) is 109 cm³/mol. The lowest BCUT2D eigenvalue weighted by Crippen LogP contribution is -2.53. The summed E-state index contributed by atoms with van der Waals surface area (Å²) in [5, 5.41) is 5.79. The Morgan fingerprint density at radius 3 is 2.34 bits per heavy atom. The second-order valence-corrected chi connectivity index (χ2v) is 7.16. The largest absolute Gasteiger partial charge is 0.497 e. The Hall–Kier alpha value is -2.61. The third-order valence-electron chi connectivity index (χ3n) is 5.20. The van der Waals surface area contributed by atoms with Gasteiger partial charge in [-0.25, -0.2) is 0 Å². The fourth-order valence-corrected chi connectivity index (χ4v) is 3.45. The van der Waals surface area contributed by atoms with Crippen LogP contribution in [0.25, 0.3) is 0 Å². The Kier molecular flexibility index (Phi) is 8.92. The van der Waals surface area contributed by atoms with Crippen LogP contribution in [0.3, 0.4) is 0 Å². The highest BCUT2D eigenvalue weighted by Crippen LogP contribution is 2.22. The van der Waals surface area contributed by atoms with Crippen molar-refractivity contribution in [2.45, 2.75) is 32.2 Å². The number of nitrogens with one attached hydrogen (secondary N) is 2. The molecule has 160 valence electrons. The summed E-state index contributed by atoms with van der Waals surface area (Å²) in [6.45, 7) is 3.76. The van der Waals surface area contributed by atoms with Crippen LogP contribution in [-0.2, 0) is 14.3 Å². The summed E-state index contributed by atoms with van der Waals surface area (Å²) in [5.41, 5.74) is 0.462. The first-order chi connectivity index (χ1) is 14.0. The molecule has 1 aliphatic heterocycles. The first-order valence-corrected chi connectivity index (χ1v) is 9.93. The van der Waals surface area contributed by atoms with Crippen molar-refractivity contribution in [3.63, 3.8) is 0 Å². The molecule has 1 aromatic rings. The van der Waals surface area contributed by atoms with Gasteiger partial charge in [0.25, 0.3) is 5.91 Å². The molecule has 2 rings (SSSR count). The molecule has 1 saturated heterocycles. The summed E-state index contributed by atoms with van der Waals surface area (Å²) in [4.78, 5) is 38.9. The summed E-state index contributed by atoms with van der Waals surface area (Å²) < 4.78 is 10.1. The monoisotopic (exact) mass is 405 g/mol. The van der Waals surface area contributed by atoms with Crippen LogP contribution in [0.1, 0.15) is 36.5 Å². The van der Waals surface area contributed by atoms with Crippen molar-refractivity contribution >= 4 is 17.7 Å². The van der Waals surface area contributed by atoms with Crippen LogP contribution in [0.15, 0.2) is 24.3 Å². The van der Waals surface area contributed by atoms with Gasteiger partial charge < -0.3 is 25.0 Å². The number of carbonyl (C=O) groups is 3. The number of ether oxygens (including phenoxy) is 2. The van der Waals surface area contributed by atoms with Gasteiger partial charge in [0.05, 0.1) is 7.11 Å². The number of hydrogen-bond acceptors (Lipinski definition) is 5. The number of carbonyl (C=O) groups excluding carboxylic acids is 3. The number of rotatable bonds is 9. The lowest BCUT2D eigenvalue weighted by atomic mass is 9.88. The van der Waals surface area contributed by atoms with E-state index in [1.807, 2.05) is 0 Å². The molecule has 0 unspecified atom stereocenters. The summed E-state index contributed by atoms with van der Waals surface area (Å²) in [6, 6.07) is 6.10. The van der Waals surface area contributed by atoms with Gasteiger partial charge in [-0.05, 0) is 49.4 Å². The van der Waals surface area contributed by atoms with Crippen molar-refractivity contribution in [1.29, 1.82) is 0 Å². The third-order valence-corrected chi connectivity index (χ3v) is 5.20. The number of likely N-dealkylation sites (tertiary alicyclic amines) is 1. The Morgan fingerprint density at radius 1 is 1.14 bits per heavy atom. The van der Waals surface area contributed by atoms with Crippen LogP contribution in [0.2, 0.25) is 0 Å². The molecule has 1 aliphatic rings. The first kappa shape index (κ1) is 22.7. The van der Waals surface area contributed by atoms with Crippen LogP contribution < -0.4 is 15.4 Å². The van der Waals surface area contributed by atoms with E-state index < -0.39 is 6.04 Å². The van der Waals surface area contributed by atoms with Gasteiger partial charge in [0.1, 0.15) is 11.8 Å². The summed E-state index contributed by atoms with van der Waals surface area (Å²) in [5.74, 6) is 0.148. The normalized spacial score (nSPS) is 15.5. The molecule has 0 spiro atoms. The number of hydrogen-bond donors (Lipinski definition) is 2. The molecular formula is C21H31N3O5. The van der Waals surface area contributed by atoms with Gasteiger partial charge in [-0.1, -0.05) is 0 Å². The molecule has 8 nitrogen and oxygen atoms in total. The number of benzene rings is 1. The average Bonchev–Trinajstić information content (AvgIpc) is 2.75. The van der Waals surface area contributed by atoms with Gasteiger partial charge in [-0.2, -0.15) is 0 Å². The van der Waals surface area contributed by atoms with Crippen molar-refractivity contribution in [2.75, 3.05) is 40.5 Å². The molecule has 0 aromatic heterocycles. The minimum Gasteiger partial charge on any atom is -0.497 e. The zero-order valence-corrected chi connectivity index (χ0v) is 17.4. The van der Waals surface area contributed by atoms with Crippen LogP contribution in [0.5, 0.6) is 5.75 Å². The number of amides is 3. The molecule has 1 heterocycles. The second-order valence-electron chi connectivity index (χ2n) is 7.16. The van der Waals surface area contributed by atoms with Gasteiger partial charge in [-0.3, -0.25) is 14.4 Å². The third kappa shape index (κ3) is 6.74. The second kappa shape index (κ2) is 11.4. The zero-order valence-electron chi connectivity index (χ0n) is 17.4. The topological polar surface area (TPSA) is 97.0 Å². The van der Waals surface area contributed by atoms with Crippen LogP contribution in [0, 0.1) is 5.92 Å². The van der Waals surface area contributed by atoms with Gasteiger partial charge in [0.15, 0.2) is 0 Å². The van der Waals surface area contributed by atoms with Gasteiger partial charge in [0, 0.05) is 45.8 Å². The molecule has 0 bridgehead atoms. The lowest BCUT2D eigenvalue weighted by molar-refractivity contribution is -0.130. The van der Waals surface area contributed by atoms with Crippen molar-refractivity contribution in [1.82, 2.24) is 15.5 Å². The quantitative estimate of drug-likeness (QED) is 0.602. The highest BCUT2D eigenvalue weighted by atomic mass is 16.5. The van der Waals surface area contributed by atoms with E-state index >= 15 is 0 Å². The van der Waals surface area contributed by atoms with E-state index in [9.17, 15) is 14.4 Å². The average molecular weight is 405 g/mol. The number of methoxy groups -OCH3 is 2. The van der Waals surface area contributed by atoms with Gasteiger partial charge in [0.2, 0.25) is 11.8 Å². The van der Waals surface area contributed by atoms with E-state index in [1.54, 1.807) is 50.3 Å². The van der Waals surface area contributed by atoms with E-state index in [1.165, 1.54) is 0 Å². The van der Waals surface area contributed by atoms with Crippen LogP contribution in [0.4, 0.5) is 0 Å². The molecule has 3 amide bonds.